The fourth-order valence-electron chi connectivity index (χ4n) is 2.45. The van der Waals surface area contributed by atoms with Crippen LogP contribution in [0.4, 0.5) is 0 Å². The quantitative estimate of drug-likeness (QED) is 0.630. The van der Waals surface area contributed by atoms with Crippen molar-refractivity contribution in [3.05, 3.63) is 34.8 Å². The molecule has 0 bridgehead atoms. The summed E-state index contributed by atoms with van der Waals surface area (Å²) < 4.78 is 17.2. The number of carboxylic acid groups (broad SMARTS) is 1. The largest absolute Gasteiger partial charge is 0.496 e. The van der Waals surface area contributed by atoms with Gasteiger partial charge in [0, 0.05) is 5.75 Å². The Kier molecular flexibility index (Phi) is 5.37. The molecule has 0 radical (unpaired) electrons. The maximum atomic E-state index is 11.6. The van der Waals surface area contributed by atoms with E-state index >= 15 is 0 Å². The summed E-state index contributed by atoms with van der Waals surface area (Å²) in [5.74, 6) is -0.359. The molecule has 1 aromatic rings. The molecular formula is C17H23BO5S. The first-order chi connectivity index (χ1) is 11.1. The van der Waals surface area contributed by atoms with Gasteiger partial charge in [0.2, 0.25) is 0 Å². The number of carbonyl (C=O) groups is 1. The van der Waals surface area contributed by atoms with Crippen LogP contribution in [0.25, 0.3) is 6.08 Å². The average molecular weight is 350 g/mol. The van der Waals surface area contributed by atoms with Crippen molar-refractivity contribution >= 4 is 31.8 Å². The molecule has 1 fully saturated rings. The van der Waals surface area contributed by atoms with Gasteiger partial charge >= 0.3 is 13.1 Å². The normalized spacial score (nSPS) is 19.4. The minimum Gasteiger partial charge on any atom is -0.496 e. The van der Waals surface area contributed by atoms with E-state index in [1.807, 2.05) is 27.7 Å². The lowest BCUT2D eigenvalue weighted by Gasteiger charge is -2.32. The summed E-state index contributed by atoms with van der Waals surface area (Å²) in [4.78, 5) is 11.6. The van der Waals surface area contributed by atoms with Crippen LogP contribution in [0, 0.1) is 0 Å². The number of hydrogen-bond donors (Lipinski definition) is 2. The Morgan fingerprint density at radius 1 is 1.29 bits per heavy atom. The van der Waals surface area contributed by atoms with Crippen LogP contribution in [0.2, 0.25) is 0 Å². The molecule has 0 unspecified atom stereocenters. The molecule has 24 heavy (non-hydrogen) atoms. The third kappa shape index (κ3) is 3.48. The zero-order chi connectivity index (χ0) is 18.1. The van der Waals surface area contributed by atoms with Gasteiger partial charge in [0.1, 0.15) is 11.3 Å². The van der Waals surface area contributed by atoms with Crippen molar-refractivity contribution in [1.29, 1.82) is 0 Å². The predicted octanol–water partition coefficient (Wildman–Crippen LogP) is 3.34. The van der Waals surface area contributed by atoms with E-state index in [-0.39, 0.29) is 5.56 Å². The molecule has 1 aromatic carbocycles. The van der Waals surface area contributed by atoms with Crippen LogP contribution in [-0.4, -0.2) is 42.3 Å². The topological polar surface area (TPSA) is 65.0 Å². The summed E-state index contributed by atoms with van der Waals surface area (Å²) in [6.45, 7) is 7.88. The van der Waals surface area contributed by atoms with Gasteiger partial charge in [-0.1, -0.05) is 18.2 Å². The Labute approximate surface area is 148 Å². The lowest BCUT2D eigenvalue weighted by atomic mass is 9.78. The van der Waals surface area contributed by atoms with Crippen LogP contribution in [0.1, 0.15) is 43.6 Å². The van der Waals surface area contributed by atoms with Gasteiger partial charge in [-0.25, -0.2) is 4.79 Å². The second-order valence-corrected chi connectivity index (χ2v) is 7.01. The Hall–Kier alpha value is -1.44. The van der Waals surface area contributed by atoms with Gasteiger partial charge in [-0.15, -0.1) is 0 Å². The molecule has 0 aliphatic carbocycles. The van der Waals surface area contributed by atoms with E-state index in [1.165, 1.54) is 7.11 Å². The summed E-state index contributed by atoms with van der Waals surface area (Å²) in [6.07, 6.45) is 1.75. The van der Waals surface area contributed by atoms with Crippen molar-refractivity contribution in [1.82, 2.24) is 0 Å². The summed E-state index contributed by atoms with van der Waals surface area (Å²) in [6, 6.07) is 5.09. The Bertz CT molecular complexity index is 653. The lowest BCUT2D eigenvalue weighted by Crippen LogP contribution is -2.41. The van der Waals surface area contributed by atoms with Gasteiger partial charge in [-0.05, 0) is 44.8 Å². The van der Waals surface area contributed by atoms with Crippen LogP contribution >= 0.6 is 12.6 Å². The maximum Gasteiger partial charge on any atom is 0.491 e. The van der Waals surface area contributed by atoms with Crippen LogP contribution in [0.5, 0.6) is 5.75 Å². The molecule has 130 valence electrons. The lowest BCUT2D eigenvalue weighted by molar-refractivity contribution is 0.00578. The Morgan fingerprint density at radius 3 is 2.33 bits per heavy atom. The van der Waals surface area contributed by atoms with Crippen molar-refractivity contribution in [2.75, 3.05) is 12.9 Å². The predicted molar refractivity (Wildman–Crippen MR) is 97.9 cm³/mol. The maximum absolute atomic E-state index is 11.6. The van der Waals surface area contributed by atoms with E-state index in [2.05, 4.69) is 12.6 Å². The van der Waals surface area contributed by atoms with Crippen LogP contribution < -0.4 is 4.74 Å². The molecule has 1 N–H and O–H groups in total. The molecular weight excluding hydrogens is 327 g/mol. The monoisotopic (exact) mass is 350 g/mol. The van der Waals surface area contributed by atoms with Gasteiger partial charge in [0.15, 0.2) is 0 Å². The van der Waals surface area contributed by atoms with Crippen molar-refractivity contribution in [2.24, 2.45) is 0 Å². The summed E-state index contributed by atoms with van der Waals surface area (Å²) in [5, 5.41) is 9.50. The van der Waals surface area contributed by atoms with Crippen molar-refractivity contribution in [3.8, 4) is 5.75 Å². The van der Waals surface area contributed by atoms with Crippen molar-refractivity contribution in [3.63, 3.8) is 0 Å². The smallest absolute Gasteiger partial charge is 0.491 e. The highest BCUT2D eigenvalue weighted by Crippen LogP contribution is 2.39. The number of methoxy groups -OCH3 is 1. The van der Waals surface area contributed by atoms with Crippen molar-refractivity contribution < 1.29 is 23.9 Å². The van der Waals surface area contributed by atoms with E-state index in [0.717, 1.165) is 5.47 Å². The minimum absolute atomic E-state index is 0.107. The summed E-state index contributed by atoms with van der Waals surface area (Å²) in [7, 11) is 0.878. The number of benzene rings is 1. The Balaban J connectivity index is 2.45. The standard InChI is InChI=1S/C17H23BO5S/c1-16(2)17(3,4)23-18(22-16)12(10-24)9-11-7-6-8-13(21-5)14(11)15(19)20/h6-9,24H,10H2,1-5H3,(H,19,20). The highest BCUT2D eigenvalue weighted by atomic mass is 32.1. The second-order valence-electron chi connectivity index (χ2n) is 6.70. The number of carboxylic acids is 1. The molecule has 1 saturated heterocycles. The first-order valence-corrected chi connectivity index (χ1v) is 8.33. The van der Waals surface area contributed by atoms with E-state index in [9.17, 15) is 9.90 Å². The Morgan fingerprint density at radius 2 is 1.88 bits per heavy atom. The van der Waals surface area contributed by atoms with Crippen LogP contribution in [-0.2, 0) is 9.31 Å². The molecule has 0 spiro atoms. The third-order valence-corrected chi connectivity index (χ3v) is 4.94. The molecule has 7 heteroatoms. The zero-order valence-corrected chi connectivity index (χ0v) is 15.5. The van der Waals surface area contributed by atoms with E-state index in [4.69, 9.17) is 14.0 Å². The molecule has 0 amide bonds. The van der Waals surface area contributed by atoms with Crippen molar-refractivity contribution in [2.45, 2.75) is 38.9 Å². The van der Waals surface area contributed by atoms with Crippen LogP contribution in [0.3, 0.4) is 0 Å². The van der Waals surface area contributed by atoms with E-state index < -0.39 is 24.3 Å². The number of rotatable bonds is 5. The summed E-state index contributed by atoms with van der Waals surface area (Å²) >= 11 is 4.36. The highest BCUT2D eigenvalue weighted by molar-refractivity contribution is 7.80. The number of hydrogen-bond acceptors (Lipinski definition) is 5. The second kappa shape index (κ2) is 6.82. The van der Waals surface area contributed by atoms with E-state index in [0.29, 0.717) is 17.1 Å². The van der Waals surface area contributed by atoms with E-state index in [1.54, 1.807) is 24.3 Å². The fourth-order valence-corrected chi connectivity index (χ4v) is 2.69. The van der Waals surface area contributed by atoms with Gasteiger partial charge in [0.25, 0.3) is 0 Å². The van der Waals surface area contributed by atoms with Gasteiger partial charge in [0.05, 0.1) is 18.3 Å². The zero-order valence-electron chi connectivity index (χ0n) is 14.6. The number of thiol groups is 1. The fraction of sp³-hybridized carbons (Fsp3) is 0.471. The molecule has 5 nitrogen and oxygen atoms in total. The van der Waals surface area contributed by atoms with Crippen LogP contribution in [0.15, 0.2) is 23.7 Å². The van der Waals surface area contributed by atoms with Gasteiger partial charge in [-0.2, -0.15) is 12.6 Å². The molecule has 1 heterocycles. The SMILES string of the molecule is COc1cccc(C=C(CS)B2OC(C)(C)C(C)(C)O2)c1C(=O)O. The first-order valence-electron chi connectivity index (χ1n) is 7.70. The molecule has 1 aliphatic rings. The first kappa shape index (κ1) is 18.9. The summed E-state index contributed by atoms with van der Waals surface area (Å²) in [5.41, 5.74) is 0.456. The third-order valence-electron chi connectivity index (χ3n) is 4.57. The average Bonchev–Trinajstić information content (AvgIpc) is 2.72. The number of aromatic carboxylic acids is 1. The molecule has 2 rings (SSSR count). The van der Waals surface area contributed by atoms with Gasteiger partial charge in [-0.3, -0.25) is 0 Å². The van der Waals surface area contributed by atoms with Gasteiger partial charge < -0.3 is 19.2 Å². The molecule has 0 aromatic heterocycles. The molecule has 0 saturated carbocycles. The highest BCUT2D eigenvalue weighted by Gasteiger charge is 2.52. The molecule has 1 aliphatic heterocycles. The molecule has 0 atom stereocenters. The minimum atomic E-state index is -1.05. The number of ether oxygens (including phenoxy) is 1.